The Balaban J connectivity index is 1.32. The zero-order chi connectivity index (χ0) is 18.4. The lowest BCUT2D eigenvalue weighted by Gasteiger charge is -2.24. The van der Waals surface area contributed by atoms with E-state index < -0.39 is 0 Å². The maximum atomic E-state index is 13.1. The van der Waals surface area contributed by atoms with Gasteiger partial charge in [-0.25, -0.2) is 9.97 Å². The van der Waals surface area contributed by atoms with Gasteiger partial charge in [-0.2, -0.15) is 0 Å². The summed E-state index contributed by atoms with van der Waals surface area (Å²) in [5, 5.41) is 2.09. The standard InChI is InChI=1S/C21H26N4OS/c1-24-8-7-18-15(11-24)10-22-20(23-18)14-6-9-25(12-14)21(26)17-13-27-19-5-3-2-4-16(17)19/h10,13-14H,2-9,11-12H2,1H3/t14-/m0/s1. The lowest BCUT2D eigenvalue weighted by molar-refractivity contribution is 0.0789. The minimum atomic E-state index is 0.219. The number of nitrogens with zero attached hydrogens (tertiary/aromatic N) is 4. The number of thiophene rings is 1. The molecule has 142 valence electrons. The molecule has 3 aliphatic rings. The van der Waals surface area contributed by atoms with Crippen molar-refractivity contribution >= 4 is 17.2 Å². The van der Waals surface area contributed by atoms with Crippen LogP contribution in [-0.2, 0) is 25.8 Å². The van der Waals surface area contributed by atoms with E-state index in [0.717, 1.165) is 63.3 Å². The summed E-state index contributed by atoms with van der Waals surface area (Å²) < 4.78 is 0. The molecule has 0 N–H and O–H groups in total. The van der Waals surface area contributed by atoms with E-state index in [1.807, 2.05) is 11.1 Å². The SMILES string of the molecule is CN1CCc2nc([C@H]3CCN(C(=O)c4csc5c4CCCC5)C3)ncc2C1. The molecule has 0 saturated carbocycles. The van der Waals surface area contributed by atoms with Crippen LogP contribution >= 0.6 is 11.3 Å². The number of amides is 1. The van der Waals surface area contributed by atoms with Crippen molar-refractivity contribution in [3.63, 3.8) is 0 Å². The molecule has 6 heteroatoms. The third kappa shape index (κ3) is 3.19. The van der Waals surface area contributed by atoms with Crippen LogP contribution in [0.4, 0.5) is 0 Å². The zero-order valence-corrected chi connectivity index (χ0v) is 16.7. The topological polar surface area (TPSA) is 49.3 Å². The van der Waals surface area contributed by atoms with Crippen LogP contribution in [0.15, 0.2) is 11.6 Å². The van der Waals surface area contributed by atoms with Gasteiger partial charge in [-0.3, -0.25) is 4.79 Å². The summed E-state index contributed by atoms with van der Waals surface area (Å²) in [7, 11) is 2.14. The fourth-order valence-electron chi connectivity index (χ4n) is 4.67. The average molecular weight is 383 g/mol. The molecule has 5 nitrogen and oxygen atoms in total. The highest BCUT2D eigenvalue weighted by molar-refractivity contribution is 7.10. The molecular formula is C21H26N4OS. The van der Waals surface area contributed by atoms with Gasteiger partial charge in [0.15, 0.2) is 0 Å². The van der Waals surface area contributed by atoms with Crippen LogP contribution in [0.2, 0.25) is 0 Å². The molecule has 5 rings (SSSR count). The highest BCUT2D eigenvalue weighted by Gasteiger charge is 2.32. The molecule has 1 fully saturated rings. The summed E-state index contributed by atoms with van der Waals surface area (Å²) in [4.78, 5) is 28.4. The molecule has 0 unspecified atom stereocenters. The maximum Gasteiger partial charge on any atom is 0.255 e. The van der Waals surface area contributed by atoms with Gasteiger partial charge in [0.05, 0.1) is 5.56 Å². The normalized spacial score (nSPS) is 22.6. The Hall–Kier alpha value is -1.79. The minimum absolute atomic E-state index is 0.219. The van der Waals surface area contributed by atoms with Crippen LogP contribution in [0.5, 0.6) is 0 Å². The van der Waals surface area contributed by atoms with Gasteiger partial charge in [-0.05, 0) is 44.7 Å². The van der Waals surface area contributed by atoms with Crippen molar-refractivity contribution in [3.05, 3.63) is 44.7 Å². The smallest absolute Gasteiger partial charge is 0.255 e. The Kier molecular flexibility index (Phi) is 4.48. The molecule has 1 atom stereocenters. The molecular weight excluding hydrogens is 356 g/mol. The van der Waals surface area contributed by atoms with Crippen molar-refractivity contribution < 1.29 is 4.79 Å². The molecule has 27 heavy (non-hydrogen) atoms. The van der Waals surface area contributed by atoms with E-state index in [4.69, 9.17) is 4.98 Å². The summed E-state index contributed by atoms with van der Waals surface area (Å²) in [5.41, 5.74) is 4.75. The third-order valence-electron chi connectivity index (χ3n) is 6.28. The molecule has 1 amide bonds. The van der Waals surface area contributed by atoms with Crippen molar-refractivity contribution in [2.45, 2.75) is 51.0 Å². The molecule has 2 aromatic rings. The molecule has 0 aromatic carbocycles. The van der Waals surface area contributed by atoms with Gasteiger partial charge < -0.3 is 9.80 Å². The number of hydrogen-bond acceptors (Lipinski definition) is 5. The van der Waals surface area contributed by atoms with E-state index in [1.165, 1.54) is 34.5 Å². The fourth-order valence-corrected chi connectivity index (χ4v) is 5.79. The largest absolute Gasteiger partial charge is 0.338 e. The van der Waals surface area contributed by atoms with E-state index in [2.05, 4.69) is 22.3 Å². The summed E-state index contributed by atoms with van der Waals surface area (Å²) in [6, 6.07) is 0. The number of hydrogen-bond donors (Lipinski definition) is 0. The second kappa shape index (κ2) is 6.99. The first-order chi connectivity index (χ1) is 13.2. The number of carbonyl (C=O) groups is 1. The number of aromatic nitrogens is 2. The van der Waals surface area contributed by atoms with Crippen molar-refractivity contribution in [2.75, 3.05) is 26.7 Å². The molecule has 2 aromatic heterocycles. The highest BCUT2D eigenvalue weighted by Crippen LogP contribution is 2.33. The molecule has 4 heterocycles. The summed E-state index contributed by atoms with van der Waals surface area (Å²) in [5.74, 6) is 1.42. The van der Waals surface area contributed by atoms with E-state index >= 15 is 0 Å². The van der Waals surface area contributed by atoms with Crippen LogP contribution in [0.25, 0.3) is 0 Å². The predicted molar refractivity (Wildman–Crippen MR) is 106 cm³/mol. The average Bonchev–Trinajstić information content (AvgIpc) is 3.34. The van der Waals surface area contributed by atoms with Gasteiger partial charge in [0.1, 0.15) is 5.82 Å². The monoisotopic (exact) mass is 382 g/mol. The van der Waals surface area contributed by atoms with Gasteiger partial charge in [0, 0.05) is 66.2 Å². The third-order valence-corrected chi connectivity index (χ3v) is 7.36. The number of likely N-dealkylation sites (tertiary alicyclic amines) is 1. The van der Waals surface area contributed by atoms with Crippen molar-refractivity contribution in [1.29, 1.82) is 0 Å². The second-order valence-electron chi connectivity index (χ2n) is 8.18. The molecule has 0 radical (unpaired) electrons. The first-order valence-corrected chi connectivity index (χ1v) is 11.0. The van der Waals surface area contributed by atoms with Crippen LogP contribution in [0, 0.1) is 0 Å². The zero-order valence-electron chi connectivity index (χ0n) is 15.9. The molecule has 1 saturated heterocycles. The lowest BCUT2D eigenvalue weighted by Crippen LogP contribution is -2.30. The van der Waals surface area contributed by atoms with Gasteiger partial charge in [-0.15, -0.1) is 11.3 Å². The molecule has 1 aliphatic carbocycles. The van der Waals surface area contributed by atoms with Crippen molar-refractivity contribution in [3.8, 4) is 0 Å². The summed E-state index contributed by atoms with van der Waals surface area (Å²) in [6.45, 7) is 3.57. The molecule has 0 bridgehead atoms. The van der Waals surface area contributed by atoms with Crippen LogP contribution in [0.3, 0.4) is 0 Å². The molecule has 2 aliphatic heterocycles. The Morgan fingerprint density at radius 3 is 3.04 bits per heavy atom. The fraction of sp³-hybridized carbons (Fsp3) is 0.571. The number of likely N-dealkylation sites (N-methyl/N-ethyl adjacent to an activating group) is 1. The summed E-state index contributed by atoms with van der Waals surface area (Å²) in [6.07, 6.45) is 8.67. The van der Waals surface area contributed by atoms with Gasteiger partial charge in [-0.1, -0.05) is 0 Å². The number of carbonyl (C=O) groups excluding carboxylic acids is 1. The molecule has 0 spiro atoms. The van der Waals surface area contributed by atoms with E-state index in [9.17, 15) is 4.79 Å². The number of rotatable bonds is 2. The second-order valence-corrected chi connectivity index (χ2v) is 9.15. The van der Waals surface area contributed by atoms with Gasteiger partial charge in [0.25, 0.3) is 5.91 Å². The van der Waals surface area contributed by atoms with E-state index in [0.29, 0.717) is 0 Å². The Labute approximate surface area is 164 Å². The van der Waals surface area contributed by atoms with Crippen LogP contribution in [-0.4, -0.2) is 52.4 Å². The highest BCUT2D eigenvalue weighted by atomic mass is 32.1. The van der Waals surface area contributed by atoms with Crippen molar-refractivity contribution in [2.24, 2.45) is 0 Å². The summed E-state index contributed by atoms with van der Waals surface area (Å²) >= 11 is 1.78. The maximum absolute atomic E-state index is 13.1. The number of aryl methyl sites for hydroxylation is 1. The van der Waals surface area contributed by atoms with E-state index in [1.54, 1.807) is 11.3 Å². The van der Waals surface area contributed by atoms with Crippen LogP contribution in [0.1, 0.15) is 63.1 Å². The Morgan fingerprint density at radius 1 is 1.22 bits per heavy atom. The number of fused-ring (bicyclic) bond motifs is 2. The Morgan fingerprint density at radius 2 is 2.11 bits per heavy atom. The Bertz CT molecular complexity index is 877. The predicted octanol–water partition coefficient (Wildman–Crippen LogP) is 3.03. The first-order valence-electron chi connectivity index (χ1n) is 10.1. The quantitative estimate of drug-likeness (QED) is 0.801. The van der Waals surface area contributed by atoms with Gasteiger partial charge in [0.2, 0.25) is 0 Å². The van der Waals surface area contributed by atoms with E-state index in [-0.39, 0.29) is 11.8 Å². The van der Waals surface area contributed by atoms with Gasteiger partial charge >= 0.3 is 0 Å². The minimum Gasteiger partial charge on any atom is -0.338 e. The first kappa shape index (κ1) is 17.3. The van der Waals surface area contributed by atoms with Crippen LogP contribution < -0.4 is 0 Å². The van der Waals surface area contributed by atoms with Crippen molar-refractivity contribution in [1.82, 2.24) is 19.8 Å². The lowest BCUT2D eigenvalue weighted by atomic mass is 9.95.